The Hall–Kier alpha value is -11.3. The van der Waals surface area contributed by atoms with E-state index < -0.39 is 0 Å². The zero-order valence-corrected chi connectivity index (χ0v) is 52.6. The van der Waals surface area contributed by atoms with Crippen molar-refractivity contribution in [3.05, 3.63) is 407 Å². The SMILES string of the molecule is CCc1cccc(C)c1N(c1ccc(/C=C/C=C/C=C/c2ccccc2)cc1)c1ccc(/C=C/C=C/C=C/c2cccc(-c3cccc(/C=C/C=C/C=C/c4ccc(N(c5ccc(/C=C/C=C/C=C/c6ccccc6)cc5)c5ccc(C)cc5C)cc4)c3)c2)cc1. The van der Waals surface area contributed by atoms with Crippen molar-refractivity contribution < 1.29 is 0 Å². The van der Waals surface area contributed by atoms with Gasteiger partial charge in [-0.05, 0) is 166 Å². The maximum atomic E-state index is 2.39. The zero-order valence-electron chi connectivity index (χ0n) is 52.6. The summed E-state index contributed by atoms with van der Waals surface area (Å²) in [4.78, 5) is 4.73. The molecule has 10 rings (SSSR count). The second-order valence-corrected chi connectivity index (χ2v) is 22.2. The van der Waals surface area contributed by atoms with Crippen LogP contribution in [0, 0.1) is 20.8 Å². The van der Waals surface area contributed by atoms with Crippen molar-refractivity contribution in [1.82, 2.24) is 0 Å². The third kappa shape index (κ3) is 18.6. The van der Waals surface area contributed by atoms with Crippen LogP contribution in [0.3, 0.4) is 0 Å². The maximum Gasteiger partial charge on any atom is 0.0522 e. The van der Waals surface area contributed by atoms with Crippen LogP contribution in [0.5, 0.6) is 0 Å². The molecule has 0 heterocycles. The van der Waals surface area contributed by atoms with Crippen molar-refractivity contribution in [2.24, 2.45) is 0 Å². The van der Waals surface area contributed by atoms with Gasteiger partial charge in [0, 0.05) is 28.4 Å². The van der Waals surface area contributed by atoms with Gasteiger partial charge < -0.3 is 9.80 Å². The average Bonchev–Trinajstić information content (AvgIpc) is 1.14. The highest BCUT2D eigenvalue weighted by Gasteiger charge is 2.18. The van der Waals surface area contributed by atoms with Gasteiger partial charge in [0.1, 0.15) is 0 Å². The lowest BCUT2D eigenvalue weighted by Gasteiger charge is -2.29. The largest absolute Gasteiger partial charge is 0.310 e. The molecule has 0 aliphatic carbocycles. The quantitative estimate of drug-likeness (QED) is 0.0557. The maximum absolute atomic E-state index is 2.39. The molecule has 0 fully saturated rings. The Balaban J connectivity index is 0.719. The van der Waals surface area contributed by atoms with Crippen LogP contribution >= 0.6 is 0 Å². The molecule has 0 atom stereocenters. The summed E-state index contributed by atoms with van der Waals surface area (Å²) < 4.78 is 0. The highest BCUT2D eigenvalue weighted by molar-refractivity contribution is 5.83. The van der Waals surface area contributed by atoms with Crippen LogP contribution in [0.1, 0.15) is 73.7 Å². The Bertz CT molecular complexity index is 4350. The molecule has 2 nitrogen and oxygen atoms in total. The summed E-state index contributed by atoms with van der Waals surface area (Å²) in [6, 6.07) is 86.5. The van der Waals surface area contributed by atoms with Gasteiger partial charge >= 0.3 is 0 Å². The van der Waals surface area contributed by atoms with Gasteiger partial charge in [0.05, 0.1) is 5.69 Å². The number of anilines is 6. The van der Waals surface area contributed by atoms with Crippen molar-refractivity contribution in [3.8, 4) is 11.1 Å². The number of benzene rings is 10. The van der Waals surface area contributed by atoms with Crippen molar-refractivity contribution in [2.75, 3.05) is 9.80 Å². The summed E-state index contributed by atoms with van der Waals surface area (Å²) in [6.07, 6.45) is 51.3. The minimum Gasteiger partial charge on any atom is -0.310 e. The molecule has 444 valence electrons. The molecule has 0 aliphatic heterocycles. The Morgan fingerprint density at radius 3 is 0.923 bits per heavy atom. The normalized spacial score (nSPS) is 12.4. The van der Waals surface area contributed by atoms with Gasteiger partial charge in [-0.1, -0.05) is 334 Å². The Kier molecular flexibility index (Phi) is 22.8. The van der Waals surface area contributed by atoms with Crippen molar-refractivity contribution in [2.45, 2.75) is 34.1 Å². The average molecular weight is 1180 g/mol. The lowest BCUT2D eigenvalue weighted by Crippen LogP contribution is -2.13. The van der Waals surface area contributed by atoms with Gasteiger partial charge in [-0.25, -0.2) is 0 Å². The third-order valence-corrected chi connectivity index (χ3v) is 15.5. The lowest BCUT2D eigenvalue weighted by atomic mass is 10.0. The second-order valence-electron chi connectivity index (χ2n) is 22.2. The first kappa shape index (κ1) is 62.7. The summed E-state index contributed by atoms with van der Waals surface area (Å²) in [6.45, 7) is 8.77. The van der Waals surface area contributed by atoms with E-state index in [2.05, 4.69) is 414 Å². The molecule has 2 heteroatoms. The van der Waals surface area contributed by atoms with Gasteiger partial charge in [0.25, 0.3) is 0 Å². The van der Waals surface area contributed by atoms with E-state index in [1.54, 1.807) is 0 Å². The number of hydrogen-bond donors (Lipinski definition) is 0. The molecular weight excluding hydrogens is 1100 g/mol. The topological polar surface area (TPSA) is 6.48 Å². The molecule has 0 aliphatic rings. The van der Waals surface area contributed by atoms with E-state index in [1.165, 1.54) is 50.2 Å². The fourth-order valence-corrected chi connectivity index (χ4v) is 10.8. The molecule has 0 unspecified atom stereocenters. The third-order valence-electron chi connectivity index (χ3n) is 15.5. The van der Waals surface area contributed by atoms with Gasteiger partial charge in [-0.3, -0.25) is 0 Å². The lowest BCUT2D eigenvalue weighted by molar-refractivity contribution is 1.10. The molecule has 0 amide bonds. The minimum absolute atomic E-state index is 0.942. The Labute approximate surface area is 541 Å². The van der Waals surface area contributed by atoms with E-state index in [0.717, 1.165) is 68.2 Å². The van der Waals surface area contributed by atoms with E-state index in [-0.39, 0.29) is 0 Å². The van der Waals surface area contributed by atoms with Crippen LogP contribution < -0.4 is 9.80 Å². The molecule has 91 heavy (non-hydrogen) atoms. The van der Waals surface area contributed by atoms with E-state index in [4.69, 9.17) is 0 Å². The van der Waals surface area contributed by atoms with Crippen molar-refractivity contribution in [3.63, 3.8) is 0 Å². The van der Waals surface area contributed by atoms with E-state index in [1.807, 2.05) is 12.1 Å². The van der Waals surface area contributed by atoms with Gasteiger partial charge in [-0.2, -0.15) is 0 Å². The second kappa shape index (κ2) is 33.1. The summed E-state index contributed by atoms with van der Waals surface area (Å²) in [7, 11) is 0. The zero-order chi connectivity index (χ0) is 62.7. The number of rotatable bonds is 24. The van der Waals surface area contributed by atoms with E-state index >= 15 is 0 Å². The molecule has 0 radical (unpaired) electrons. The molecule has 0 aromatic heterocycles. The molecule has 0 bridgehead atoms. The van der Waals surface area contributed by atoms with Crippen LogP contribution in [-0.4, -0.2) is 0 Å². The van der Waals surface area contributed by atoms with Gasteiger partial charge in [-0.15, -0.1) is 0 Å². The van der Waals surface area contributed by atoms with E-state index in [9.17, 15) is 0 Å². The van der Waals surface area contributed by atoms with Gasteiger partial charge in [0.2, 0.25) is 0 Å². The minimum atomic E-state index is 0.942. The van der Waals surface area contributed by atoms with E-state index in [0.29, 0.717) is 0 Å². The molecule has 0 N–H and O–H groups in total. The highest BCUT2D eigenvalue weighted by atomic mass is 15.2. The number of nitrogens with zero attached hydrogens (tertiary/aromatic N) is 2. The summed E-state index contributed by atoms with van der Waals surface area (Å²) in [5.74, 6) is 0. The number of hydrogen-bond acceptors (Lipinski definition) is 2. The smallest absolute Gasteiger partial charge is 0.0522 e. The summed E-state index contributed by atoms with van der Waals surface area (Å²) in [5.41, 5.74) is 23.5. The number of para-hydroxylation sites is 1. The fourth-order valence-electron chi connectivity index (χ4n) is 10.8. The monoisotopic (exact) mass is 1170 g/mol. The van der Waals surface area contributed by atoms with Gasteiger partial charge in [0.15, 0.2) is 0 Å². The first-order chi connectivity index (χ1) is 44.8. The molecule has 0 saturated heterocycles. The predicted molar refractivity (Wildman–Crippen MR) is 399 cm³/mol. The van der Waals surface area contributed by atoms with Crippen LogP contribution in [0.15, 0.2) is 340 Å². The molecule has 0 saturated carbocycles. The first-order valence-corrected chi connectivity index (χ1v) is 31.4. The first-order valence-electron chi connectivity index (χ1n) is 31.4. The molecule has 10 aromatic rings. The van der Waals surface area contributed by atoms with Crippen LogP contribution in [0.4, 0.5) is 34.1 Å². The molecule has 0 spiro atoms. The van der Waals surface area contributed by atoms with Crippen molar-refractivity contribution >= 4 is 82.7 Å². The summed E-state index contributed by atoms with van der Waals surface area (Å²) >= 11 is 0. The predicted octanol–water partition coefficient (Wildman–Crippen LogP) is 24.9. The number of allylic oxidation sites excluding steroid dienone is 16. The molecule has 10 aromatic carbocycles. The van der Waals surface area contributed by atoms with Crippen LogP contribution in [-0.2, 0) is 6.42 Å². The summed E-state index contributed by atoms with van der Waals surface area (Å²) in [5, 5.41) is 0. The fraction of sp³-hybridized carbons (Fsp3) is 0.0562. The van der Waals surface area contributed by atoms with Crippen LogP contribution in [0.2, 0.25) is 0 Å². The Morgan fingerprint density at radius 1 is 0.253 bits per heavy atom. The van der Waals surface area contributed by atoms with Crippen LogP contribution in [0.25, 0.3) is 59.7 Å². The number of aryl methyl sites for hydroxylation is 4. The molecular formula is C89H78N2. The van der Waals surface area contributed by atoms with Crippen molar-refractivity contribution in [1.29, 1.82) is 0 Å². The Morgan fingerprint density at radius 2 is 0.571 bits per heavy atom. The highest BCUT2D eigenvalue weighted by Crippen LogP contribution is 2.40. The standard InChI is InChI=1S/C89H78N2/c1-5-81-46-28-31-71(3)89(81)91(86-62-54-77(55-63-86)40-19-9-7-17-33-74-36-26-15-27-37-74)87-64-56-78(57-65-87)41-21-11-13-23-43-80-45-30-48-83(69-80)82-47-29-44-79(68-82)42-22-12-10-20-39-76-52-60-85(61-53-76)90(88-66-49-70(2)67-72(88)4)84-58-50-75(51-59-84)38-18-8-6-16-32-73-34-24-14-25-35-73/h6-69H,5H2,1-4H3/b8-6+,9-7+,12-10+,13-11+,32-16+,33-17+,38-18+,39-20+,40-19+,41-21+,42-22+,43-23+.